The van der Waals surface area contributed by atoms with Gasteiger partial charge in [-0.15, -0.1) is 11.6 Å². The number of rotatable bonds is 3. The van der Waals surface area contributed by atoms with Crippen molar-refractivity contribution in [3.8, 4) is 0 Å². The second-order valence-electron chi connectivity index (χ2n) is 3.62. The Morgan fingerprint density at radius 2 is 2.06 bits per heavy atom. The maximum atomic E-state index is 11.9. The molecule has 4 nitrogen and oxygen atoms in total. The summed E-state index contributed by atoms with van der Waals surface area (Å²) in [5.74, 6) is 0.291. The van der Waals surface area contributed by atoms with E-state index in [1.54, 1.807) is 19.3 Å². The first-order chi connectivity index (χ1) is 8.20. The number of aromatic nitrogens is 2. The van der Waals surface area contributed by atoms with Gasteiger partial charge in [-0.05, 0) is 23.8 Å². The number of amides is 1. The predicted molar refractivity (Wildman–Crippen MR) is 67.2 cm³/mol. The van der Waals surface area contributed by atoms with Gasteiger partial charge in [0.1, 0.15) is 5.69 Å². The summed E-state index contributed by atoms with van der Waals surface area (Å²) in [7, 11) is 1.73. The van der Waals surface area contributed by atoms with Gasteiger partial charge in [0, 0.05) is 24.8 Å². The van der Waals surface area contributed by atoms with Crippen LogP contribution >= 0.6 is 11.6 Å². The standard InChI is InChI=1S/C12H12ClN3O/c1-16-11(6-7-14-16)12(17)15-10-4-2-9(8-13)3-5-10/h2-7H,8H2,1H3,(H,15,17). The minimum absolute atomic E-state index is 0.177. The van der Waals surface area contributed by atoms with Crippen molar-refractivity contribution < 1.29 is 4.79 Å². The second-order valence-corrected chi connectivity index (χ2v) is 3.89. The highest BCUT2D eigenvalue weighted by Gasteiger charge is 2.09. The Hall–Kier alpha value is -1.81. The first kappa shape index (κ1) is 11.7. The van der Waals surface area contributed by atoms with Crippen molar-refractivity contribution in [3.05, 3.63) is 47.8 Å². The van der Waals surface area contributed by atoms with Crippen molar-refractivity contribution in [2.45, 2.75) is 5.88 Å². The summed E-state index contributed by atoms with van der Waals surface area (Å²) in [6.45, 7) is 0. The van der Waals surface area contributed by atoms with E-state index in [2.05, 4.69) is 10.4 Å². The lowest BCUT2D eigenvalue weighted by molar-refractivity contribution is 0.101. The van der Waals surface area contributed by atoms with Crippen molar-refractivity contribution in [2.24, 2.45) is 7.05 Å². The summed E-state index contributed by atoms with van der Waals surface area (Å²) < 4.78 is 1.53. The van der Waals surface area contributed by atoms with Gasteiger partial charge < -0.3 is 5.32 Å². The van der Waals surface area contributed by atoms with Crippen molar-refractivity contribution in [3.63, 3.8) is 0 Å². The summed E-state index contributed by atoms with van der Waals surface area (Å²) in [6.07, 6.45) is 1.59. The molecule has 0 bridgehead atoms. The van der Waals surface area contributed by atoms with Gasteiger partial charge in [-0.1, -0.05) is 12.1 Å². The van der Waals surface area contributed by atoms with Gasteiger partial charge >= 0.3 is 0 Å². The summed E-state index contributed by atoms with van der Waals surface area (Å²) in [4.78, 5) is 11.9. The van der Waals surface area contributed by atoms with Gasteiger partial charge in [0.2, 0.25) is 0 Å². The van der Waals surface area contributed by atoms with E-state index in [4.69, 9.17) is 11.6 Å². The molecule has 1 N–H and O–H groups in total. The molecule has 88 valence electrons. The van der Waals surface area contributed by atoms with Crippen LogP contribution in [0.15, 0.2) is 36.5 Å². The Morgan fingerprint density at radius 3 is 2.59 bits per heavy atom. The molecule has 2 aromatic rings. The molecule has 1 heterocycles. The molecular weight excluding hydrogens is 238 g/mol. The third-order valence-electron chi connectivity index (χ3n) is 2.42. The maximum absolute atomic E-state index is 11.9. The van der Waals surface area contributed by atoms with E-state index < -0.39 is 0 Å². The molecular formula is C12H12ClN3O. The molecule has 0 saturated heterocycles. The van der Waals surface area contributed by atoms with Crippen LogP contribution in [0.5, 0.6) is 0 Å². The molecule has 0 unspecified atom stereocenters. The normalized spacial score (nSPS) is 10.2. The Bertz CT molecular complexity index is 519. The summed E-state index contributed by atoms with van der Waals surface area (Å²) in [6, 6.07) is 9.08. The zero-order valence-corrected chi connectivity index (χ0v) is 10.1. The maximum Gasteiger partial charge on any atom is 0.273 e. The van der Waals surface area contributed by atoms with Gasteiger partial charge in [0.25, 0.3) is 5.91 Å². The van der Waals surface area contributed by atoms with Crippen molar-refractivity contribution >= 4 is 23.2 Å². The number of carbonyl (C=O) groups excluding carboxylic acids is 1. The number of halogens is 1. The van der Waals surface area contributed by atoms with E-state index in [0.29, 0.717) is 11.6 Å². The minimum Gasteiger partial charge on any atom is -0.321 e. The zero-order valence-electron chi connectivity index (χ0n) is 9.35. The van der Waals surface area contributed by atoms with Crippen LogP contribution in [0.4, 0.5) is 5.69 Å². The first-order valence-electron chi connectivity index (χ1n) is 5.15. The molecule has 2 rings (SSSR count). The number of aryl methyl sites for hydroxylation is 1. The van der Waals surface area contributed by atoms with Crippen LogP contribution in [0.25, 0.3) is 0 Å². The quantitative estimate of drug-likeness (QED) is 0.850. The number of hydrogen-bond donors (Lipinski definition) is 1. The Balaban J connectivity index is 2.10. The third-order valence-corrected chi connectivity index (χ3v) is 2.73. The van der Waals surface area contributed by atoms with Crippen LogP contribution in [0.1, 0.15) is 16.1 Å². The highest BCUT2D eigenvalue weighted by molar-refractivity contribution is 6.17. The van der Waals surface area contributed by atoms with Crippen LogP contribution in [-0.2, 0) is 12.9 Å². The molecule has 5 heteroatoms. The molecule has 0 fully saturated rings. The molecule has 0 aliphatic rings. The Labute approximate surface area is 104 Å². The molecule has 0 atom stereocenters. The van der Waals surface area contributed by atoms with E-state index in [-0.39, 0.29) is 5.91 Å². The van der Waals surface area contributed by atoms with Crippen molar-refractivity contribution in [1.29, 1.82) is 0 Å². The van der Waals surface area contributed by atoms with Gasteiger partial charge in [-0.25, -0.2) is 0 Å². The SMILES string of the molecule is Cn1nccc1C(=O)Nc1ccc(CCl)cc1. The fourth-order valence-corrected chi connectivity index (χ4v) is 1.65. The zero-order chi connectivity index (χ0) is 12.3. The lowest BCUT2D eigenvalue weighted by Crippen LogP contribution is -2.15. The van der Waals surface area contributed by atoms with Gasteiger partial charge in [0.15, 0.2) is 0 Å². The average Bonchev–Trinajstić information content (AvgIpc) is 2.76. The third kappa shape index (κ3) is 2.65. The molecule has 0 saturated carbocycles. The largest absolute Gasteiger partial charge is 0.321 e. The van der Waals surface area contributed by atoms with Gasteiger partial charge in [0.05, 0.1) is 0 Å². The van der Waals surface area contributed by atoms with E-state index in [1.165, 1.54) is 4.68 Å². The van der Waals surface area contributed by atoms with Crippen LogP contribution in [0.2, 0.25) is 0 Å². The first-order valence-corrected chi connectivity index (χ1v) is 5.68. The predicted octanol–water partition coefficient (Wildman–Crippen LogP) is 2.41. The van der Waals surface area contributed by atoms with E-state index in [0.717, 1.165) is 11.3 Å². The van der Waals surface area contributed by atoms with E-state index in [9.17, 15) is 4.79 Å². The average molecular weight is 250 g/mol. The van der Waals surface area contributed by atoms with Crippen LogP contribution in [0, 0.1) is 0 Å². The minimum atomic E-state index is -0.177. The molecule has 0 radical (unpaired) electrons. The molecule has 1 aromatic heterocycles. The molecule has 17 heavy (non-hydrogen) atoms. The molecule has 0 spiro atoms. The number of benzene rings is 1. The molecule has 0 aliphatic heterocycles. The van der Waals surface area contributed by atoms with Crippen LogP contribution < -0.4 is 5.32 Å². The van der Waals surface area contributed by atoms with Crippen LogP contribution in [0.3, 0.4) is 0 Å². The molecule has 1 aromatic carbocycles. The number of anilines is 1. The lowest BCUT2D eigenvalue weighted by Gasteiger charge is -2.05. The Kier molecular flexibility index (Phi) is 3.44. The highest BCUT2D eigenvalue weighted by atomic mass is 35.5. The monoisotopic (exact) mass is 249 g/mol. The number of nitrogens with one attached hydrogen (secondary N) is 1. The smallest absolute Gasteiger partial charge is 0.273 e. The fourth-order valence-electron chi connectivity index (χ4n) is 1.47. The van der Waals surface area contributed by atoms with Gasteiger partial charge in [-0.2, -0.15) is 5.10 Å². The van der Waals surface area contributed by atoms with Gasteiger partial charge in [-0.3, -0.25) is 9.48 Å². The second kappa shape index (κ2) is 5.01. The topological polar surface area (TPSA) is 46.9 Å². The fraction of sp³-hybridized carbons (Fsp3) is 0.167. The van der Waals surface area contributed by atoms with E-state index in [1.807, 2.05) is 24.3 Å². The molecule has 0 aliphatic carbocycles. The van der Waals surface area contributed by atoms with Crippen LogP contribution in [-0.4, -0.2) is 15.7 Å². The Morgan fingerprint density at radius 1 is 1.35 bits per heavy atom. The number of hydrogen-bond acceptors (Lipinski definition) is 2. The number of alkyl halides is 1. The highest BCUT2D eigenvalue weighted by Crippen LogP contribution is 2.12. The summed E-state index contributed by atoms with van der Waals surface area (Å²) >= 11 is 5.69. The van der Waals surface area contributed by atoms with E-state index >= 15 is 0 Å². The summed E-state index contributed by atoms with van der Waals surface area (Å²) in [5.41, 5.74) is 2.28. The number of carbonyl (C=O) groups is 1. The molecule has 1 amide bonds. The van der Waals surface area contributed by atoms with Crippen molar-refractivity contribution in [1.82, 2.24) is 9.78 Å². The van der Waals surface area contributed by atoms with Crippen molar-refractivity contribution in [2.75, 3.05) is 5.32 Å². The summed E-state index contributed by atoms with van der Waals surface area (Å²) in [5, 5.41) is 6.74. The lowest BCUT2D eigenvalue weighted by atomic mass is 10.2. The number of nitrogens with zero attached hydrogens (tertiary/aromatic N) is 2.